The van der Waals surface area contributed by atoms with Gasteiger partial charge in [0.05, 0.1) is 6.04 Å². The molecule has 1 aliphatic rings. The quantitative estimate of drug-likeness (QED) is 0.614. The summed E-state index contributed by atoms with van der Waals surface area (Å²) in [7, 11) is 0. The van der Waals surface area contributed by atoms with Crippen molar-refractivity contribution in [3.63, 3.8) is 0 Å². The second-order valence-corrected chi connectivity index (χ2v) is 8.61. The van der Waals surface area contributed by atoms with Crippen LogP contribution in [0, 0.1) is 12.8 Å². The van der Waals surface area contributed by atoms with Gasteiger partial charge in [0, 0.05) is 6.42 Å². The number of benzene rings is 1. The van der Waals surface area contributed by atoms with Crippen LogP contribution >= 0.6 is 11.3 Å². The topological polar surface area (TPSA) is 84.0 Å². The van der Waals surface area contributed by atoms with Crippen molar-refractivity contribution in [1.29, 1.82) is 0 Å². The SMILES string of the molecule is Cc1nnc(NC(=O)/C=C/[C@H](CCc2ccccc2)CC(=O)[C@@H]2CCCCN2)s1. The van der Waals surface area contributed by atoms with E-state index in [-0.39, 0.29) is 23.7 Å². The number of rotatable bonds is 9. The molecule has 1 aromatic carbocycles. The van der Waals surface area contributed by atoms with E-state index in [4.69, 9.17) is 0 Å². The van der Waals surface area contributed by atoms with Crippen LogP contribution in [0.15, 0.2) is 42.5 Å². The van der Waals surface area contributed by atoms with Crippen molar-refractivity contribution >= 4 is 28.2 Å². The number of anilines is 1. The Morgan fingerprint density at radius 1 is 1.28 bits per heavy atom. The average molecular weight is 413 g/mol. The number of Topliss-reactive ketones (excluding diaryl/α,β-unsaturated/α-hetero) is 1. The van der Waals surface area contributed by atoms with Gasteiger partial charge < -0.3 is 5.32 Å². The van der Waals surface area contributed by atoms with Crippen LogP contribution in [0.1, 0.15) is 42.7 Å². The van der Waals surface area contributed by atoms with E-state index in [0.717, 1.165) is 43.7 Å². The lowest BCUT2D eigenvalue weighted by Crippen LogP contribution is -2.41. The van der Waals surface area contributed by atoms with Crippen LogP contribution in [0.2, 0.25) is 0 Å². The fourth-order valence-corrected chi connectivity index (χ4v) is 4.10. The zero-order chi connectivity index (χ0) is 20.5. The molecule has 154 valence electrons. The third kappa shape index (κ3) is 7.18. The van der Waals surface area contributed by atoms with Crippen LogP contribution in [0.25, 0.3) is 0 Å². The lowest BCUT2D eigenvalue weighted by Gasteiger charge is -2.23. The summed E-state index contributed by atoms with van der Waals surface area (Å²) in [5.41, 5.74) is 1.24. The summed E-state index contributed by atoms with van der Waals surface area (Å²) >= 11 is 1.34. The minimum Gasteiger partial charge on any atom is -0.307 e. The summed E-state index contributed by atoms with van der Waals surface area (Å²) in [6.07, 6.45) is 8.67. The van der Waals surface area contributed by atoms with Crippen LogP contribution in [-0.2, 0) is 16.0 Å². The molecule has 2 heterocycles. The van der Waals surface area contributed by atoms with Crippen LogP contribution in [0.3, 0.4) is 0 Å². The second-order valence-electron chi connectivity index (χ2n) is 7.43. The second kappa shape index (κ2) is 11.0. The lowest BCUT2D eigenvalue weighted by atomic mass is 9.90. The van der Waals surface area contributed by atoms with Crippen LogP contribution in [0.5, 0.6) is 0 Å². The molecule has 0 bridgehead atoms. The molecule has 1 saturated heterocycles. The number of aromatic nitrogens is 2. The molecule has 0 radical (unpaired) electrons. The Labute approximate surface area is 175 Å². The highest BCUT2D eigenvalue weighted by Gasteiger charge is 2.22. The zero-order valence-electron chi connectivity index (χ0n) is 16.8. The highest BCUT2D eigenvalue weighted by molar-refractivity contribution is 7.15. The predicted molar refractivity (Wildman–Crippen MR) is 116 cm³/mol. The number of nitrogens with one attached hydrogen (secondary N) is 2. The van der Waals surface area contributed by atoms with E-state index >= 15 is 0 Å². The van der Waals surface area contributed by atoms with Gasteiger partial charge in [-0.05, 0) is 56.7 Å². The molecule has 29 heavy (non-hydrogen) atoms. The first-order valence-corrected chi connectivity index (χ1v) is 11.0. The summed E-state index contributed by atoms with van der Waals surface area (Å²) in [6.45, 7) is 2.75. The number of amides is 1. The van der Waals surface area contributed by atoms with Gasteiger partial charge in [-0.15, -0.1) is 10.2 Å². The van der Waals surface area contributed by atoms with E-state index < -0.39 is 0 Å². The van der Waals surface area contributed by atoms with Gasteiger partial charge in [-0.2, -0.15) is 0 Å². The molecule has 6 nitrogen and oxygen atoms in total. The maximum Gasteiger partial charge on any atom is 0.249 e. The molecule has 1 amide bonds. The van der Waals surface area contributed by atoms with Gasteiger partial charge in [-0.3, -0.25) is 14.9 Å². The highest BCUT2D eigenvalue weighted by Crippen LogP contribution is 2.19. The molecular weight excluding hydrogens is 384 g/mol. The van der Waals surface area contributed by atoms with Gasteiger partial charge in [0.15, 0.2) is 0 Å². The third-order valence-corrected chi connectivity index (χ3v) is 5.84. The Bertz CT molecular complexity index is 828. The summed E-state index contributed by atoms with van der Waals surface area (Å²) in [4.78, 5) is 25.0. The third-order valence-electron chi connectivity index (χ3n) is 5.08. The van der Waals surface area contributed by atoms with Gasteiger partial charge in [-0.25, -0.2) is 0 Å². The summed E-state index contributed by atoms with van der Waals surface area (Å²) < 4.78 is 0. The fraction of sp³-hybridized carbons (Fsp3) is 0.455. The maximum absolute atomic E-state index is 12.7. The number of aryl methyl sites for hydroxylation is 2. The van der Waals surface area contributed by atoms with Gasteiger partial charge in [0.1, 0.15) is 10.8 Å². The fourth-order valence-electron chi connectivity index (χ4n) is 3.51. The number of hydrogen-bond acceptors (Lipinski definition) is 6. The zero-order valence-corrected chi connectivity index (χ0v) is 17.6. The molecule has 7 heteroatoms. The number of hydrogen-bond donors (Lipinski definition) is 2. The Kier molecular flexibility index (Phi) is 8.07. The van der Waals surface area contributed by atoms with Crippen LogP contribution in [0.4, 0.5) is 5.13 Å². The summed E-state index contributed by atoms with van der Waals surface area (Å²) in [6, 6.07) is 10.2. The van der Waals surface area contributed by atoms with E-state index in [1.165, 1.54) is 23.0 Å². The molecule has 0 spiro atoms. The highest BCUT2D eigenvalue weighted by atomic mass is 32.1. The van der Waals surface area contributed by atoms with Crippen molar-refractivity contribution in [2.75, 3.05) is 11.9 Å². The lowest BCUT2D eigenvalue weighted by molar-refractivity contribution is -0.122. The summed E-state index contributed by atoms with van der Waals surface area (Å²) in [5.74, 6) is 0.0232. The Morgan fingerprint density at radius 2 is 2.10 bits per heavy atom. The minimum atomic E-state index is -0.242. The molecule has 2 atom stereocenters. The van der Waals surface area contributed by atoms with Crippen LogP contribution < -0.4 is 10.6 Å². The molecule has 0 unspecified atom stereocenters. The molecule has 1 aliphatic heterocycles. The van der Waals surface area contributed by atoms with Gasteiger partial charge in [0.2, 0.25) is 11.0 Å². The van der Waals surface area contributed by atoms with E-state index in [1.807, 2.05) is 31.2 Å². The van der Waals surface area contributed by atoms with E-state index in [2.05, 4.69) is 33.0 Å². The maximum atomic E-state index is 12.7. The standard InChI is InChI=1S/C22H28N4O2S/c1-16-25-26-22(29-16)24-21(28)13-12-18(11-10-17-7-3-2-4-8-17)15-20(27)19-9-5-6-14-23-19/h2-4,7-8,12-13,18-19,23H,5-6,9-11,14-15H2,1H3,(H,24,26,28)/b13-12+/t18-,19-/m0/s1. The van der Waals surface area contributed by atoms with Crippen molar-refractivity contribution in [3.05, 3.63) is 53.1 Å². The van der Waals surface area contributed by atoms with E-state index in [1.54, 1.807) is 0 Å². The number of carbonyl (C=O) groups is 2. The molecule has 0 saturated carbocycles. The van der Waals surface area contributed by atoms with Crippen molar-refractivity contribution in [2.45, 2.75) is 51.5 Å². The van der Waals surface area contributed by atoms with Crippen molar-refractivity contribution in [2.24, 2.45) is 5.92 Å². The number of carbonyl (C=O) groups excluding carboxylic acids is 2. The first-order valence-electron chi connectivity index (χ1n) is 10.2. The Balaban J connectivity index is 1.60. The van der Waals surface area contributed by atoms with E-state index in [9.17, 15) is 9.59 Å². The minimum absolute atomic E-state index is 0.0216. The summed E-state index contributed by atoms with van der Waals surface area (Å²) in [5, 5.41) is 15.2. The molecular formula is C22H28N4O2S. The van der Waals surface area contributed by atoms with Gasteiger partial charge in [-0.1, -0.05) is 54.2 Å². The first-order chi connectivity index (χ1) is 14.1. The molecule has 1 aromatic heterocycles. The Hall–Kier alpha value is -2.38. The number of allylic oxidation sites excluding steroid dienone is 1. The smallest absolute Gasteiger partial charge is 0.249 e. The molecule has 3 rings (SSSR count). The molecule has 0 aliphatic carbocycles. The van der Waals surface area contributed by atoms with E-state index in [0.29, 0.717) is 11.6 Å². The van der Waals surface area contributed by atoms with Crippen molar-refractivity contribution in [3.8, 4) is 0 Å². The average Bonchev–Trinajstić information content (AvgIpc) is 3.15. The molecule has 2 aromatic rings. The number of nitrogens with zero attached hydrogens (tertiary/aromatic N) is 2. The number of ketones is 1. The van der Waals surface area contributed by atoms with Gasteiger partial charge >= 0.3 is 0 Å². The predicted octanol–water partition coefficient (Wildman–Crippen LogP) is 3.69. The number of piperidine rings is 1. The van der Waals surface area contributed by atoms with Gasteiger partial charge in [0.25, 0.3) is 0 Å². The van der Waals surface area contributed by atoms with Crippen LogP contribution in [-0.4, -0.2) is 34.5 Å². The molecule has 2 N–H and O–H groups in total. The molecule has 1 fully saturated rings. The Morgan fingerprint density at radius 3 is 2.79 bits per heavy atom. The monoisotopic (exact) mass is 412 g/mol. The first kappa shape index (κ1) is 21.3. The normalized spacial score (nSPS) is 17.9. The largest absolute Gasteiger partial charge is 0.307 e. The van der Waals surface area contributed by atoms with Crippen molar-refractivity contribution in [1.82, 2.24) is 15.5 Å². The van der Waals surface area contributed by atoms with Crippen molar-refractivity contribution < 1.29 is 9.59 Å².